The first-order valence-corrected chi connectivity index (χ1v) is 17.0. The van der Waals surface area contributed by atoms with Crippen LogP contribution in [-0.4, -0.2) is 120 Å². The van der Waals surface area contributed by atoms with Gasteiger partial charge in [-0.25, -0.2) is 0 Å². The molecule has 0 radical (unpaired) electrons. The number of unbranched alkanes of at least 4 members (excludes halogenated alkanes) is 2. The predicted octanol–water partition coefficient (Wildman–Crippen LogP) is 4.92. The lowest BCUT2D eigenvalue weighted by molar-refractivity contribution is 0.0351. The van der Waals surface area contributed by atoms with Crippen molar-refractivity contribution in [2.24, 2.45) is 0 Å². The van der Waals surface area contributed by atoms with Crippen LogP contribution in [0.25, 0.3) is 11.1 Å². The van der Waals surface area contributed by atoms with Gasteiger partial charge in [-0.3, -0.25) is 0 Å². The first kappa shape index (κ1) is 35.5. The molecule has 0 saturated heterocycles. The fraction of sp³-hybridized carbons (Fsp3) is 0.733. The number of likely N-dealkylation sites (N-methyl/N-ethyl adjacent to an activating group) is 2. The second-order valence-corrected chi connectivity index (χ2v) is 11.6. The van der Waals surface area contributed by atoms with Crippen molar-refractivity contribution >= 4 is 34.6 Å². The van der Waals surface area contributed by atoms with Crippen LogP contribution in [0.5, 0.6) is 11.8 Å². The summed E-state index contributed by atoms with van der Waals surface area (Å²) >= 11 is 2.40. The van der Waals surface area contributed by atoms with Crippen LogP contribution in [0.4, 0.5) is 0 Å². The minimum absolute atomic E-state index is 0.483. The molecule has 0 bridgehead atoms. The molecule has 0 amide bonds. The molecule has 0 aliphatic carbocycles. The highest BCUT2D eigenvalue weighted by molar-refractivity contribution is 6.99. The Morgan fingerprint density at radius 3 is 1.44 bits per heavy atom. The van der Waals surface area contributed by atoms with Gasteiger partial charge in [-0.15, -0.1) is 8.75 Å². The summed E-state index contributed by atoms with van der Waals surface area (Å²) in [4.78, 5) is 4.56. The Morgan fingerprint density at radius 1 is 0.605 bits per heavy atom. The Hall–Kier alpha value is -2.00. The van der Waals surface area contributed by atoms with Crippen LogP contribution in [0.1, 0.15) is 63.8 Å². The summed E-state index contributed by atoms with van der Waals surface area (Å²) in [6.45, 7) is 13.3. The Bertz CT molecular complexity index is 1080. The van der Waals surface area contributed by atoms with Crippen molar-refractivity contribution < 1.29 is 23.7 Å². The molecule has 0 saturated carbocycles. The lowest BCUT2D eigenvalue weighted by atomic mass is 10.1. The molecule has 0 unspecified atom stereocenters. The van der Waals surface area contributed by atoms with Crippen LogP contribution < -0.4 is 9.47 Å². The van der Waals surface area contributed by atoms with Crippen LogP contribution >= 0.6 is 23.5 Å². The van der Waals surface area contributed by atoms with Gasteiger partial charge in [-0.05, 0) is 50.9 Å². The molecule has 2 aliphatic heterocycles. The van der Waals surface area contributed by atoms with Crippen molar-refractivity contribution in [1.82, 2.24) is 27.3 Å². The average molecular weight is 639 g/mol. The Labute approximate surface area is 265 Å². The van der Waals surface area contributed by atoms with Crippen molar-refractivity contribution in [3.63, 3.8) is 0 Å². The summed E-state index contributed by atoms with van der Waals surface area (Å²) in [5.41, 5.74) is 4.20. The monoisotopic (exact) mass is 638 g/mol. The number of hydrogen-bond acceptors (Lipinski definition) is 13. The molecule has 11 nitrogen and oxygen atoms in total. The second kappa shape index (κ2) is 21.7. The quantitative estimate of drug-likeness (QED) is 0.196. The Kier molecular flexibility index (Phi) is 17.9. The lowest BCUT2D eigenvalue weighted by Crippen LogP contribution is -2.25. The fourth-order valence-electron chi connectivity index (χ4n) is 4.38. The normalized spacial score (nSPS) is 15.9. The summed E-state index contributed by atoms with van der Waals surface area (Å²) in [6.07, 6.45) is 11.1. The molecule has 2 aromatic heterocycles. The van der Waals surface area contributed by atoms with Gasteiger partial charge >= 0.3 is 0 Å². The zero-order valence-corrected chi connectivity index (χ0v) is 28.1. The number of hydrogen-bond donors (Lipinski definition) is 0. The highest BCUT2D eigenvalue weighted by atomic mass is 32.1. The standard InChI is InChI=1S/C16H27N3O3S.C14H23N3O2S/c1-3-4-8-20-9-10-21-11-12-22-16-15(17-23-18-16)14-6-5-7-19(2)13-14;1-3-4-8-18-9-10-19-14-13(15-20-16-14)12-6-5-7-17(2)11-12/h6H,3-5,7-13H2,1-2H3;6H,3-5,7-11H2,1-2H3. The van der Waals surface area contributed by atoms with E-state index in [9.17, 15) is 0 Å². The number of rotatable bonds is 19. The van der Waals surface area contributed by atoms with Gasteiger partial charge in [0.05, 0.1) is 49.9 Å². The van der Waals surface area contributed by atoms with Crippen LogP contribution in [0, 0.1) is 0 Å². The molecule has 0 fully saturated rings. The molecule has 4 heterocycles. The van der Waals surface area contributed by atoms with Gasteiger partial charge in [0.15, 0.2) is 0 Å². The smallest absolute Gasteiger partial charge is 0.253 e. The van der Waals surface area contributed by atoms with E-state index in [1.807, 2.05) is 0 Å². The van der Waals surface area contributed by atoms with Gasteiger partial charge in [-0.1, -0.05) is 38.8 Å². The maximum atomic E-state index is 5.72. The van der Waals surface area contributed by atoms with Crippen LogP contribution in [-0.2, 0) is 14.2 Å². The summed E-state index contributed by atoms with van der Waals surface area (Å²) in [7, 11) is 4.23. The first-order valence-electron chi connectivity index (χ1n) is 15.5. The van der Waals surface area contributed by atoms with E-state index in [-0.39, 0.29) is 0 Å². The maximum Gasteiger partial charge on any atom is 0.253 e. The van der Waals surface area contributed by atoms with Gasteiger partial charge < -0.3 is 33.5 Å². The third kappa shape index (κ3) is 13.7. The SMILES string of the molecule is CCCCOCCOCCOc1nsnc1C1=CCCN(C)C1.CCCCOCCOc1nsnc1C1=CCCN(C)C1. The van der Waals surface area contributed by atoms with Gasteiger partial charge in [0.25, 0.3) is 11.8 Å². The second-order valence-electron chi connectivity index (χ2n) is 10.6. The third-order valence-electron chi connectivity index (χ3n) is 6.80. The van der Waals surface area contributed by atoms with E-state index < -0.39 is 0 Å². The zero-order chi connectivity index (χ0) is 30.5. The van der Waals surface area contributed by atoms with E-state index >= 15 is 0 Å². The van der Waals surface area contributed by atoms with Crippen molar-refractivity contribution in [3.05, 3.63) is 23.5 Å². The molecule has 43 heavy (non-hydrogen) atoms. The molecule has 2 aliphatic rings. The molecular formula is C30H50N6O5S2. The minimum atomic E-state index is 0.483. The molecule has 0 aromatic carbocycles. The summed E-state index contributed by atoms with van der Waals surface area (Å²) in [5.74, 6) is 1.27. The molecule has 0 spiro atoms. The molecule has 13 heteroatoms. The van der Waals surface area contributed by atoms with E-state index in [2.05, 4.69) is 67.4 Å². The van der Waals surface area contributed by atoms with Crippen molar-refractivity contribution in [1.29, 1.82) is 0 Å². The molecule has 0 N–H and O–H groups in total. The van der Waals surface area contributed by atoms with Crippen LogP contribution in [0.15, 0.2) is 12.2 Å². The molecular weight excluding hydrogens is 589 g/mol. The lowest BCUT2D eigenvalue weighted by Gasteiger charge is -2.22. The highest BCUT2D eigenvalue weighted by Crippen LogP contribution is 2.28. The van der Waals surface area contributed by atoms with Gasteiger partial charge in [-0.2, -0.15) is 8.75 Å². The first-order chi connectivity index (χ1) is 21.1. The van der Waals surface area contributed by atoms with Gasteiger partial charge in [0.1, 0.15) is 24.6 Å². The molecule has 0 atom stereocenters. The van der Waals surface area contributed by atoms with E-state index in [1.54, 1.807) is 0 Å². The van der Waals surface area contributed by atoms with Crippen molar-refractivity contribution in [2.45, 2.75) is 52.4 Å². The van der Waals surface area contributed by atoms with Gasteiger partial charge in [0, 0.05) is 39.4 Å². The Morgan fingerprint density at radius 2 is 1.02 bits per heavy atom. The summed E-state index contributed by atoms with van der Waals surface area (Å²) in [6, 6.07) is 0. The highest BCUT2D eigenvalue weighted by Gasteiger charge is 2.19. The van der Waals surface area contributed by atoms with E-state index in [0.29, 0.717) is 51.4 Å². The molecule has 2 aromatic rings. The van der Waals surface area contributed by atoms with E-state index in [0.717, 1.165) is 89.3 Å². The van der Waals surface area contributed by atoms with Crippen LogP contribution in [0.3, 0.4) is 0 Å². The zero-order valence-electron chi connectivity index (χ0n) is 26.4. The predicted molar refractivity (Wildman–Crippen MR) is 173 cm³/mol. The Balaban J connectivity index is 0.000000238. The van der Waals surface area contributed by atoms with E-state index in [4.69, 9.17) is 23.7 Å². The minimum Gasteiger partial charge on any atom is -0.473 e. The van der Waals surface area contributed by atoms with Crippen molar-refractivity contribution in [2.75, 3.05) is 93.1 Å². The number of ether oxygens (including phenoxy) is 5. The summed E-state index contributed by atoms with van der Waals surface area (Å²) < 4.78 is 45.1. The van der Waals surface area contributed by atoms with Crippen LogP contribution in [0.2, 0.25) is 0 Å². The number of nitrogens with zero attached hydrogens (tertiary/aromatic N) is 6. The number of aromatic nitrogens is 4. The molecule has 242 valence electrons. The van der Waals surface area contributed by atoms with E-state index in [1.165, 1.54) is 34.6 Å². The third-order valence-corrected chi connectivity index (χ3v) is 7.82. The topological polar surface area (TPSA) is 104 Å². The van der Waals surface area contributed by atoms with Crippen molar-refractivity contribution in [3.8, 4) is 11.8 Å². The largest absolute Gasteiger partial charge is 0.473 e. The molecule has 4 rings (SSSR count). The fourth-order valence-corrected chi connectivity index (χ4v) is 5.45. The maximum absolute atomic E-state index is 5.72. The van der Waals surface area contributed by atoms with Gasteiger partial charge in [0.2, 0.25) is 0 Å². The average Bonchev–Trinajstić information content (AvgIpc) is 3.68. The summed E-state index contributed by atoms with van der Waals surface area (Å²) in [5, 5.41) is 0.